The molecule has 1 amide bonds. The Balaban J connectivity index is 2.91. The highest BCUT2D eigenvalue weighted by Crippen LogP contribution is 2.30. The second-order valence-electron chi connectivity index (χ2n) is 4.89. The highest BCUT2D eigenvalue weighted by atomic mass is 16.4. The predicted octanol–water partition coefficient (Wildman–Crippen LogP) is 2.43. The van der Waals surface area contributed by atoms with Crippen molar-refractivity contribution in [2.24, 2.45) is 11.8 Å². The topological polar surface area (TPSA) is 66.4 Å². The summed E-state index contributed by atoms with van der Waals surface area (Å²) < 4.78 is 0. The summed E-state index contributed by atoms with van der Waals surface area (Å²) in [5.41, 5.74) is 0.920. The molecule has 0 aromatic heterocycles. The lowest BCUT2D eigenvalue weighted by Crippen LogP contribution is -2.38. The molecule has 3 unspecified atom stereocenters. The fourth-order valence-corrected chi connectivity index (χ4v) is 2.32. The molecular weight excluding hydrogens is 254 g/mol. The number of amides is 1. The Kier molecular flexibility index (Phi) is 5.97. The quantitative estimate of drug-likeness (QED) is 0.751. The van der Waals surface area contributed by atoms with E-state index in [-0.39, 0.29) is 11.8 Å². The van der Waals surface area contributed by atoms with Crippen LogP contribution in [-0.2, 0) is 9.59 Å². The Labute approximate surface area is 119 Å². The SMILES string of the molecule is C=CCNC(=O)C(C)C(C(=O)O)C(C)c1ccccc1. The highest BCUT2D eigenvalue weighted by molar-refractivity contribution is 5.85. The molecule has 0 heterocycles. The molecule has 1 aromatic rings. The smallest absolute Gasteiger partial charge is 0.307 e. The van der Waals surface area contributed by atoms with Crippen molar-refractivity contribution in [1.82, 2.24) is 5.32 Å². The normalized spacial score (nSPS) is 14.9. The molecule has 2 N–H and O–H groups in total. The summed E-state index contributed by atoms with van der Waals surface area (Å²) in [7, 11) is 0. The summed E-state index contributed by atoms with van der Waals surface area (Å²) in [6.07, 6.45) is 1.57. The number of nitrogens with one attached hydrogen (secondary N) is 1. The minimum Gasteiger partial charge on any atom is -0.481 e. The molecule has 108 valence electrons. The van der Waals surface area contributed by atoms with E-state index in [1.54, 1.807) is 13.0 Å². The van der Waals surface area contributed by atoms with Crippen LogP contribution in [0.5, 0.6) is 0 Å². The molecule has 0 aliphatic heterocycles. The number of hydrogen-bond donors (Lipinski definition) is 2. The third kappa shape index (κ3) is 3.95. The molecule has 0 fully saturated rings. The van der Waals surface area contributed by atoms with E-state index >= 15 is 0 Å². The summed E-state index contributed by atoms with van der Waals surface area (Å²) >= 11 is 0. The van der Waals surface area contributed by atoms with Crippen molar-refractivity contribution < 1.29 is 14.7 Å². The molecule has 3 atom stereocenters. The number of hydrogen-bond acceptors (Lipinski definition) is 2. The average Bonchev–Trinajstić information content (AvgIpc) is 2.45. The van der Waals surface area contributed by atoms with Crippen LogP contribution in [0.25, 0.3) is 0 Å². The van der Waals surface area contributed by atoms with E-state index in [0.29, 0.717) is 6.54 Å². The molecular formula is C16H21NO3. The lowest BCUT2D eigenvalue weighted by Gasteiger charge is -2.25. The third-order valence-electron chi connectivity index (χ3n) is 3.52. The van der Waals surface area contributed by atoms with Crippen LogP contribution in [0.2, 0.25) is 0 Å². The van der Waals surface area contributed by atoms with Crippen LogP contribution < -0.4 is 5.32 Å². The Morgan fingerprint density at radius 1 is 1.30 bits per heavy atom. The third-order valence-corrected chi connectivity index (χ3v) is 3.52. The van der Waals surface area contributed by atoms with Gasteiger partial charge in [0.2, 0.25) is 5.91 Å². The second kappa shape index (κ2) is 7.48. The first kappa shape index (κ1) is 16.0. The molecule has 0 radical (unpaired) electrons. The number of carboxylic acids is 1. The van der Waals surface area contributed by atoms with Crippen molar-refractivity contribution in [3.05, 3.63) is 48.6 Å². The fraction of sp³-hybridized carbons (Fsp3) is 0.375. The monoisotopic (exact) mass is 275 g/mol. The minimum absolute atomic E-state index is 0.238. The van der Waals surface area contributed by atoms with Crippen LogP contribution in [0, 0.1) is 11.8 Å². The van der Waals surface area contributed by atoms with Crippen molar-refractivity contribution in [3.63, 3.8) is 0 Å². The Morgan fingerprint density at radius 3 is 2.40 bits per heavy atom. The largest absolute Gasteiger partial charge is 0.481 e. The lowest BCUT2D eigenvalue weighted by atomic mass is 9.79. The van der Waals surface area contributed by atoms with E-state index in [0.717, 1.165) is 5.56 Å². The summed E-state index contributed by atoms with van der Waals surface area (Å²) in [5, 5.41) is 12.1. The van der Waals surface area contributed by atoms with E-state index < -0.39 is 17.8 Å². The number of carbonyl (C=O) groups is 2. The van der Waals surface area contributed by atoms with Crippen LogP contribution >= 0.6 is 0 Å². The lowest BCUT2D eigenvalue weighted by molar-refractivity contribution is -0.147. The van der Waals surface area contributed by atoms with Gasteiger partial charge in [0, 0.05) is 12.5 Å². The zero-order chi connectivity index (χ0) is 15.1. The van der Waals surface area contributed by atoms with Crippen LogP contribution in [0.15, 0.2) is 43.0 Å². The Morgan fingerprint density at radius 2 is 1.90 bits per heavy atom. The van der Waals surface area contributed by atoms with Gasteiger partial charge in [0.25, 0.3) is 0 Å². The number of benzene rings is 1. The molecule has 0 aliphatic carbocycles. The van der Waals surface area contributed by atoms with Crippen LogP contribution in [0.3, 0.4) is 0 Å². The van der Waals surface area contributed by atoms with Gasteiger partial charge in [-0.2, -0.15) is 0 Å². The molecule has 4 heteroatoms. The predicted molar refractivity (Wildman–Crippen MR) is 78.4 cm³/mol. The summed E-state index contributed by atoms with van der Waals surface area (Å²) in [4.78, 5) is 23.5. The van der Waals surface area contributed by atoms with E-state index in [1.807, 2.05) is 37.3 Å². The van der Waals surface area contributed by atoms with Gasteiger partial charge in [-0.25, -0.2) is 0 Å². The highest BCUT2D eigenvalue weighted by Gasteiger charge is 2.35. The van der Waals surface area contributed by atoms with E-state index in [1.165, 1.54) is 0 Å². The van der Waals surface area contributed by atoms with Crippen molar-refractivity contribution in [2.75, 3.05) is 6.54 Å². The van der Waals surface area contributed by atoms with Crippen molar-refractivity contribution in [1.29, 1.82) is 0 Å². The van der Waals surface area contributed by atoms with Crippen LogP contribution in [0.1, 0.15) is 25.3 Å². The molecule has 0 bridgehead atoms. The number of rotatable bonds is 7. The summed E-state index contributed by atoms with van der Waals surface area (Å²) in [6, 6.07) is 9.39. The fourth-order valence-electron chi connectivity index (χ4n) is 2.32. The minimum atomic E-state index is -0.956. The molecule has 20 heavy (non-hydrogen) atoms. The molecule has 0 saturated carbocycles. The maximum atomic E-state index is 12.0. The van der Waals surface area contributed by atoms with Crippen molar-refractivity contribution in [3.8, 4) is 0 Å². The first-order valence-electron chi connectivity index (χ1n) is 6.65. The standard InChI is InChI=1S/C16H21NO3/c1-4-10-17-15(18)12(3)14(16(19)20)11(2)13-8-6-5-7-9-13/h4-9,11-12,14H,1,10H2,2-3H3,(H,17,18)(H,19,20). The van der Waals surface area contributed by atoms with Gasteiger partial charge in [-0.15, -0.1) is 6.58 Å². The number of aliphatic carboxylic acids is 1. The van der Waals surface area contributed by atoms with Gasteiger partial charge in [0.1, 0.15) is 0 Å². The van der Waals surface area contributed by atoms with Gasteiger partial charge in [0.05, 0.1) is 5.92 Å². The van der Waals surface area contributed by atoms with Crippen LogP contribution in [-0.4, -0.2) is 23.5 Å². The number of carbonyl (C=O) groups excluding carboxylic acids is 1. The van der Waals surface area contributed by atoms with Gasteiger partial charge >= 0.3 is 5.97 Å². The van der Waals surface area contributed by atoms with Crippen molar-refractivity contribution in [2.45, 2.75) is 19.8 Å². The Hall–Kier alpha value is -2.10. The molecule has 4 nitrogen and oxygen atoms in total. The zero-order valence-corrected chi connectivity index (χ0v) is 11.9. The van der Waals surface area contributed by atoms with Crippen LogP contribution in [0.4, 0.5) is 0 Å². The van der Waals surface area contributed by atoms with E-state index in [9.17, 15) is 14.7 Å². The Bertz CT molecular complexity index is 470. The zero-order valence-electron chi connectivity index (χ0n) is 11.9. The first-order chi connectivity index (χ1) is 9.49. The molecule has 0 spiro atoms. The van der Waals surface area contributed by atoms with Gasteiger partial charge in [-0.1, -0.05) is 50.3 Å². The van der Waals surface area contributed by atoms with E-state index in [4.69, 9.17) is 0 Å². The second-order valence-corrected chi connectivity index (χ2v) is 4.89. The van der Waals surface area contributed by atoms with Gasteiger partial charge in [-0.05, 0) is 11.5 Å². The molecule has 0 saturated heterocycles. The van der Waals surface area contributed by atoms with Gasteiger partial charge < -0.3 is 10.4 Å². The van der Waals surface area contributed by atoms with Gasteiger partial charge in [0.15, 0.2) is 0 Å². The maximum Gasteiger partial charge on any atom is 0.307 e. The van der Waals surface area contributed by atoms with E-state index in [2.05, 4.69) is 11.9 Å². The first-order valence-corrected chi connectivity index (χ1v) is 6.65. The summed E-state index contributed by atoms with van der Waals surface area (Å²) in [6.45, 7) is 7.35. The summed E-state index contributed by atoms with van der Waals surface area (Å²) in [5.74, 6) is -2.83. The maximum absolute atomic E-state index is 12.0. The molecule has 0 aliphatic rings. The average molecular weight is 275 g/mol. The van der Waals surface area contributed by atoms with Gasteiger partial charge in [-0.3, -0.25) is 9.59 Å². The molecule has 1 rings (SSSR count). The molecule has 1 aromatic carbocycles. The number of carboxylic acid groups (broad SMARTS) is 1. The van der Waals surface area contributed by atoms with Crippen molar-refractivity contribution >= 4 is 11.9 Å².